The van der Waals surface area contributed by atoms with Crippen molar-refractivity contribution in [1.82, 2.24) is 0 Å². The van der Waals surface area contributed by atoms with Crippen molar-refractivity contribution in [2.24, 2.45) is 0 Å². The Hall–Kier alpha value is -1.56. The van der Waals surface area contributed by atoms with E-state index in [1.165, 1.54) is 42.8 Å². The van der Waals surface area contributed by atoms with Crippen molar-refractivity contribution in [3.8, 4) is 5.75 Å². The van der Waals surface area contributed by atoms with Gasteiger partial charge in [-0.25, -0.2) is 4.79 Å². The van der Waals surface area contributed by atoms with E-state index in [0.29, 0.717) is 12.2 Å². The van der Waals surface area contributed by atoms with Crippen LogP contribution in [0.25, 0.3) is 0 Å². The van der Waals surface area contributed by atoms with Crippen molar-refractivity contribution < 1.29 is 14.3 Å². The third-order valence-corrected chi connectivity index (χ3v) is 5.24. The molecular weight excluding hydrogens is 451 g/mol. The number of hydrogen-bond acceptors (Lipinski definition) is 3. The maximum atomic E-state index is 11.6. The van der Waals surface area contributed by atoms with Crippen LogP contribution in [-0.4, -0.2) is 24.1 Å². The first-order valence-corrected chi connectivity index (χ1v) is 11.2. The summed E-state index contributed by atoms with van der Waals surface area (Å²) in [6.07, 6.45) is 8.11. The fourth-order valence-electron chi connectivity index (χ4n) is 3.01. The summed E-state index contributed by atoms with van der Waals surface area (Å²) in [4.78, 5) is 11.6. The van der Waals surface area contributed by atoms with Crippen molar-refractivity contribution in [3.05, 3.63) is 65.2 Å². The van der Waals surface area contributed by atoms with Crippen molar-refractivity contribution in [1.29, 1.82) is 0 Å². The van der Waals surface area contributed by atoms with Gasteiger partial charge < -0.3 is 9.47 Å². The Bertz CT molecular complexity index is 700. The Morgan fingerprint density at radius 1 is 0.889 bits per heavy atom. The van der Waals surface area contributed by atoms with E-state index in [0.717, 1.165) is 30.6 Å². The van der Waals surface area contributed by atoms with Crippen molar-refractivity contribution in [3.63, 3.8) is 0 Å². The molecule has 2 rings (SSSR count). The lowest BCUT2D eigenvalue weighted by molar-refractivity contribution is 0.0600. The molecule has 0 fully saturated rings. The lowest BCUT2D eigenvalue weighted by Crippen LogP contribution is -2.03. The number of hydrogen-bond donors (Lipinski definition) is 0. The van der Waals surface area contributed by atoms with Crippen LogP contribution in [0.5, 0.6) is 5.75 Å². The van der Waals surface area contributed by atoms with Gasteiger partial charge in [-0.1, -0.05) is 59.7 Å². The first kappa shape index (κ1) is 21.7. The monoisotopic (exact) mass is 480 g/mol. The van der Waals surface area contributed by atoms with Crippen LogP contribution in [-0.2, 0) is 17.6 Å². The molecule has 0 atom stereocenters. The number of methoxy groups -OCH3 is 1. The molecule has 4 heteroatoms. The van der Waals surface area contributed by atoms with Gasteiger partial charge in [0.05, 0.1) is 19.3 Å². The predicted octanol–water partition coefficient (Wildman–Crippen LogP) is 6.02. The van der Waals surface area contributed by atoms with Crippen molar-refractivity contribution in [2.45, 2.75) is 44.9 Å². The number of unbranched alkanes of at least 4 members (excludes halogenated alkanes) is 3. The van der Waals surface area contributed by atoms with Gasteiger partial charge in [0.25, 0.3) is 0 Å². The highest BCUT2D eigenvalue weighted by Gasteiger charge is 2.05. The summed E-state index contributed by atoms with van der Waals surface area (Å²) in [6.45, 7) is 0.668. The summed E-state index contributed by atoms with van der Waals surface area (Å²) in [5.41, 5.74) is 3.08. The summed E-state index contributed by atoms with van der Waals surface area (Å²) in [5, 5.41) is 0. The molecule has 0 amide bonds. The minimum atomic E-state index is -0.292. The van der Waals surface area contributed by atoms with Crippen molar-refractivity contribution in [2.75, 3.05) is 18.1 Å². The third kappa shape index (κ3) is 8.33. The van der Waals surface area contributed by atoms with Gasteiger partial charge in [0.2, 0.25) is 0 Å². The predicted molar refractivity (Wildman–Crippen MR) is 119 cm³/mol. The summed E-state index contributed by atoms with van der Waals surface area (Å²) in [7, 11) is 1.40. The number of rotatable bonds is 12. The number of benzene rings is 2. The smallest absolute Gasteiger partial charge is 0.337 e. The summed E-state index contributed by atoms with van der Waals surface area (Å²) in [5.74, 6) is 0.655. The van der Waals surface area contributed by atoms with Gasteiger partial charge in [-0.2, -0.15) is 0 Å². The zero-order valence-electron chi connectivity index (χ0n) is 16.1. The number of ether oxygens (including phenoxy) is 2. The van der Waals surface area contributed by atoms with E-state index in [4.69, 9.17) is 9.47 Å². The van der Waals surface area contributed by atoms with Gasteiger partial charge in [-0.15, -0.1) is 0 Å². The molecule has 0 heterocycles. The van der Waals surface area contributed by atoms with E-state index in [-0.39, 0.29) is 5.97 Å². The number of halogens is 1. The standard InChI is InChI=1S/C23H29IO3/c1-26-23(25)21-13-6-10-19(17-21)12-8-16-27-22-14-7-11-20(18-22)9-4-2-3-5-15-24/h6-7,10-11,13-14,17-18H,2-5,8-9,12,15-16H2,1H3. The third-order valence-electron chi connectivity index (χ3n) is 4.47. The number of alkyl halides is 1. The summed E-state index contributed by atoms with van der Waals surface area (Å²) in [6, 6.07) is 16.0. The molecule has 0 aliphatic heterocycles. The topological polar surface area (TPSA) is 35.5 Å². The van der Waals surface area contributed by atoms with Crippen LogP contribution in [0.15, 0.2) is 48.5 Å². The average Bonchev–Trinajstić information content (AvgIpc) is 2.71. The highest BCUT2D eigenvalue weighted by atomic mass is 127. The van der Waals surface area contributed by atoms with E-state index in [1.807, 2.05) is 24.3 Å². The zero-order chi connectivity index (χ0) is 19.3. The lowest BCUT2D eigenvalue weighted by atomic mass is 10.1. The molecule has 0 N–H and O–H groups in total. The second-order valence-electron chi connectivity index (χ2n) is 6.64. The maximum Gasteiger partial charge on any atom is 0.337 e. The molecule has 0 aromatic heterocycles. The van der Waals surface area contributed by atoms with E-state index in [1.54, 1.807) is 6.07 Å². The van der Waals surface area contributed by atoms with Gasteiger partial charge in [-0.05, 0) is 71.9 Å². The average molecular weight is 480 g/mol. The Kier molecular flexibility index (Phi) is 10.3. The Morgan fingerprint density at radius 2 is 1.59 bits per heavy atom. The molecule has 2 aromatic carbocycles. The molecule has 146 valence electrons. The van der Waals surface area contributed by atoms with Gasteiger partial charge in [0.15, 0.2) is 0 Å². The largest absolute Gasteiger partial charge is 0.494 e. The molecule has 0 aliphatic carbocycles. The second kappa shape index (κ2) is 12.8. The van der Waals surface area contributed by atoms with Gasteiger partial charge >= 0.3 is 5.97 Å². The van der Waals surface area contributed by atoms with Crippen LogP contribution in [0.2, 0.25) is 0 Å². The van der Waals surface area contributed by atoms with Crippen LogP contribution >= 0.6 is 22.6 Å². The highest BCUT2D eigenvalue weighted by molar-refractivity contribution is 14.1. The fraction of sp³-hybridized carbons (Fsp3) is 0.435. The van der Waals surface area contributed by atoms with Crippen LogP contribution in [0.4, 0.5) is 0 Å². The normalized spacial score (nSPS) is 10.6. The zero-order valence-corrected chi connectivity index (χ0v) is 18.2. The molecule has 27 heavy (non-hydrogen) atoms. The van der Waals surface area contributed by atoms with Gasteiger partial charge in [0.1, 0.15) is 5.75 Å². The molecule has 0 saturated carbocycles. The molecule has 0 radical (unpaired) electrons. The molecule has 0 aliphatic rings. The minimum Gasteiger partial charge on any atom is -0.494 e. The van der Waals surface area contributed by atoms with E-state index in [9.17, 15) is 4.79 Å². The molecule has 0 spiro atoms. The Morgan fingerprint density at radius 3 is 2.37 bits per heavy atom. The fourth-order valence-corrected chi connectivity index (χ4v) is 3.55. The van der Waals surface area contributed by atoms with Crippen LogP contribution < -0.4 is 4.74 Å². The summed E-state index contributed by atoms with van der Waals surface area (Å²) < 4.78 is 11.9. The number of carbonyl (C=O) groups excluding carboxylic acids is 1. The Balaban J connectivity index is 1.72. The SMILES string of the molecule is COC(=O)c1cccc(CCCOc2cccc(CCCCCCI)c2)c1. The molecule has 2 aromatic rings. The van der Waals surface area contributed by atoms with Gasteiger partial charge in [-0.3, -0.25) is 0 Å². The first-order valence-electron chi connectivity index (χ1n) is 9.68. The molecule has 0 unspecified atom stereocenters. The van der Waals surface area contributed by atoms with Gasteiger partial charge in [0, 0.05) is 0 Å². The Labute approximate surface area is 176 Å². The van der Waals surface area contributed by atoms with E-state index in [2.05, 4.69) is 40.8 Å². The second-order valence-corrected chi connectivity index (χ2v) is 7.72. The van der Waals surface area contributed by atoms with E-state index < -0.39 is 0 Å². The number of esters is 1. The van der Waals surface area contributed by atoms with Crippen LogP contribution in [0, 0.1) is 0 Å². The maximum absolute atomic E-state index is 11.6. The molecule has 0 saturated heterocycles. The lowest BCUT2D eigenvalue weighted by Gasteiger charge is -2.09. The molecule has 3 nitrogen and oxygen atoms in total. The number of aryl methyl sites for hydroxylation is 2. The van der Waals surface area contributed by atoms with Crippen LogP contribution in [0.3, 0.4) is 0 Å². The molecule has 0 bridgehead atoms. The highest BCUT2D eigenvalue weighted by Crippen LogP contribution is 2.17. The number of carbonyl (C=O) groups is 1. The van der Waals surface area contributed by atoms with E-state index >= 15 is 0 Å². The quantitative estimate of drug-likeness (QED) is 0.161. The van der Waals surface area contributed by atoms with Crippen LogP contribution in [0.1, 0.15) is 53.6 Å². The van der Waals surface area contributed by atoms with Crippen molar-refractivity contribution >= 4 is 28.6 Å². The molecular formula is C23H29IO3. The summed E-state index contributed by atoms with van der Waals surface area (Å²) >= 11 is 2.44. The first-order chi connectivity index (χ1) is 13.2. The minimum absolute atomic E-state index is 0.292.